The minimum atomic E-state index is -3.69. The number of amides is 1. The van der Waals surface area contributed by atoms with Crippen LogP contribution in [0.5, 0.6) is 0 Å². The largest absolute Gasteiger partial charge is 0.321 e. The predicted molar refractivity (Wildman–Crippen MR) is 110 cm³/mol. The number of carbonyl (C=O) groups excluding carboxylic acids is 1. The average molecular weight is 415 g/mol. The highest BCUT2D eigenvalue weighted by molar-refractivity contribution is 7.89. The van der Waals surface area contributed by atoms with E-state index in [1.807, 2.05) is 0 Å². The van der Waals surface area contributed by atoms with Gasteiger partial charge in [0.25, 0.3) is 5.69 Å². The first-order chi connectivity index (χ1) is 13.9. The topological polar surface area (TPSA) is 110 Å². The van der Waals surface area contributed by atoms with Crippen molar-refractivity contribution in [1.82, 2.24) is 4.31 Å². The summed E-state index contributed by atoms with van der Waals surface area (Å²) in [6, 6.07) is 12.1. The third-order valence-corrected chi connectivity index (χ3v) is 6.57. The van der Waals surface area contributed by atoms with Gasteiger partial charge < -0.3 is 5.32 Å². The zero-order valence-electron chi connectivity index (χ0n) is 15.7. The molecule has 1 saturated heterocycles. The number of nitrogens with one attached hydrogen (secondary N) is 1. The number of piperidine rings is 1. The van der Waals surface area contributed by atoms with Crippen molar-refractivity contribution in [3.8, 4) is 0 Å². The van der Waals surface area contributed by atoms with Gasteiger partial charge in [0.05, 0.1) is 10.6 Å². The molecular formula is C20H21N3O5S. The van der Waals surface area contributed by atoms with Gasteiger partial charge in [0.2, 0.25) is 15.9 Å². The average Bonchev–Trinajstić information content (AvgIpc) is 2.73. The lowest BCUT2D eigenvalue weighted by Crippen LogP contribution is -2.36. The van der Waals surface area contributed by atoms with Gasteiger partial charge in [-0.2, -0.15) is 4.31 Å². The molecule has 0 aromatic heterocycles. The molecule has 29 heavy (non-hydrogen) atoms. The molecule has 1 aliphatic heterocycles. The number of nitro groups is 1. The lowest BCUT2D eigenvalue weighted by atomic mass is 10.2. The van der Waals surface area contributed by atoms with Crippen molar-refractivity contribution < 1.29 is 18.1 Å². The van der Waals surface area contributed by atoms with Crippen molar-refractivity contribution in [1.29, 1.82) is 0 Å². The van der Waals surface area contributed by atoms with E-state index in [1.54, 1.807) is 18.2 Å². The van der Waals surface area contributed by atoms with Crippen molar-refractivity contribution in [3.05, 3.63) is 70.3 Å². The van der Waals surface area contributed by atoms with Gasteiger partial charge in [0, 0.05) is 31.3 Å². The minimum absolute atomic E-state index is 0.0385. The zero-order chi connectivity index (χ0) is 20.9. The molecule has 1 amide bonds. The highest BCUT2D eigenvalue weighted by Crippen LogP contribution is 2.26. The Hall–Kier alpha value is -3.04. The van der Waals surface area contributed by atoms with Crippen LogP contribution in [-0.2, 0) is 14.8 Å². The summed E-state index contributed by atoms with van der Waals surface area (Å²) in [4.78, 5) is 22.5. The van der Waals surface area contributed by atoms with Gasteiger partial charge in [-0.3, -0.25) is 14.9 Å². The van der Waals surface area contributed by atoms with Gasteiger partial charge in [0.1, 0.15) is 4.90 Å². The highest BCUT2D eigenvalue weighted by Gasteiger charge is 2.28. The Balaban J connectivity index is 1.75. The van der Waals surface area contributed by atoms with Gasteiger partial charge in [0.15, 0.2) is 0 Å². The third kappa shape index (κ3) is 5.07. The highest BCUT2D eigenvalue weighted by atomic mass is 32.2. The summed E-state index contributed by atoms with van der Waals surface area (Å²) >= 11 is 0. The number of hydrogen-bond acceptors (Lipinski definition) is 5. The van der Waals surface area contributed by atoms with Gasteiger partial charge in [-0.1, -0.05) is 18.6 Å². The molecule has 2 aromatic carbocycles. The molecular weight excluding hydrogens is 394 g/mol. The Bertz CT molecular complexity index is 1030. The summed E-state index contributed by atoms with van der Waals surface area (Å²) in [6.45, 7) is 0.954. The quantitative estimate of drug-likeness (QED) is 0.442. The maximum atomic E-state index is 13.0. The summed E-state index contributed by atoms with van der Waals surface area (Å²) in [6.07, 6.45) is 5.42. The number of carbonyl (C=O) groups is 1. The van der Waals surface area contributed by atoms with Gasteiger partial charge >= 0.3 is 0 Å². The normalized spacial score (nSPS) is 15.3. The minimum Gasteiger partial charge on any atom is -0.321 e. The fourth-order valence-corrected chi connectivity index (χ4v) is 4.76. The Morgan fingerprint density at radius 2 is 1.69 bits per heavy atom. The molecule has 2 aromatic rings. The van der Waals surface area contributed by atoms with Crippen LogP contribution in [0.15, 0.2) is 59.5 Å². The van der Waals surface area contributed by atoms with E-state index in [0.717, 1.165) is 19.3 Å². The molecule has 1 N–H and O–H groups in total. The summed E-state index contributed by atoms with van der Waals surface area (Å²) in [5, 5.41) is 13.3. The molecule has 0 atom stereocenters. The van der Waals surface area contributed by atoms with Gasteiger partial charge in [-0.25, -0.2) is 8.42 Å². The number of para-hydroxylation sites is 1. The standard InChI is InChI=1S/C20H21N3O5S/c24-20(13-10-16-8-11-17(12-9-16)23(25)26)21-18-6-2-3-7-19(18)29(27,28)22-14-4-1-5-15-22/h2-3,6-13H,1,4-5,14-15H2,(H,21,24). The Morgan fingerprint density at radius 1 is 1.03 bits per heavy atom. The van der Waals surface area contributed by atoms with E-state index in [-0.39, 0.29) is 16.3 Å². The first kappa shape index (κ1) is 20.7. The molecule has 0 spiro atoms. The first-order valence-corrected chi connectivity index (χ1v) is 10.6. The van der Waals surface area contributed by atoms with E-state index < -0.39 is 20.9 Å². The summed E-state index contributed by atoms with van der Waals surface area (Å²) < 4.78 is 27.4. The van der Waals surface area contributed by atoms with E-state index in [4.69, 9.17) is 0 Å². The van der Waals surface area contributed by atoms with Crippen LogP contribution in [0, 0.1) is 10.1 Å². The van der Waals surface area contributed by atoms with Gasteiger partial charge in [-0.05, 0) is 48.7 Å². The maximum Gasteiger partial charge on any atom is 0.269 e. The van der Waals surface area contributed by atoms with E-state index in [2.05, 4.69) is 5.32 Å². The first-order valence-electron chi connectivity index (χ1n) is 9.20. The molecule has 3 rings (SSSR count). The van der Waals surface area contributed by atoms with Crippen LogP contribution in [0.4, 0.5) is 11.4 Å². The van der Waals surface area contributed by atoms with E-state index in [0.29, 0.717) is 18.7 Å². The number of hydrogen-bond donors (Lipinski definition) is 1. The number of nitro benzene ring substituents is 1. The molecule has 0 bridgehead atoms. The molecule has 1 fully saturated rings. The third-order valence-electron chi connectivity index (χ3n) is 4.61. The number of anilines is 1. The molecule has 8 nitrogen and oxygen atoms in total. The monoisotopic (exact) mass is 415 g/mol. The summed E-state index contributed by atoms with van der Waals surface area (Å²) in [5.41, 5.74) is 0.792. The summed E-state index contributed by atoms with van der Waals surface area (Å²) in [5.74, 6) is -0.496. The number of rotatable bonds is 6. The molecule has 152 valence electrons. The second-order valence-electron chi connectivity index (χ2n) is 6.63. The smallest absolute Gasteiger partial charge is 0.269 e. The molecule has 9 heteroatoms. The Morgan fingerprint density at radius 3 is 2.34 bits per heavy atom. The van der Waals surface area contributed by atoms with Crippen LogP contribution >= 0.6 is 0 Å². The van der Waals surface area contributed by atoms with Crippen molar-refractivity contribution >= 4 is 33.4 Å². The number of non-ortho nitro benzene ring substituents is 1. The van der Waals surface area contributed by atoms with Crippen molar-refractivity contribution in [2.45, 2.75) is 24.2 Å². The van der Waals surface area contributed by atoms with Crippen molar-refractivity contribution in [2.75, 3.05) is 18.4 Å². The fourth-order valence-electron chi connectivity index (χ4n) is 3.09. The zero-order valence-corrected chi connectivity index (χ0v) is 16.5. The van der Waals surface area contributed by atoms with Crippen molar-refractivity contribution in [2.24, 2.45) is 0 Å². The Kier molecular flexibility index (Phi) is 6.40. The summed E-state index contributed by atoms with van der Waals surface area (Å²) in [7, 11) is -3.69. The van der Waals surface area contributed by atoms with Crippen LogP contribution in [0.3, 0.4) is 0 Å². The van der Waals surface area contributed by atoms with Crippen LogP contribution in [-0.4, -0.2) is 36.6 Å². The molecule has 0 radical (unpaired) electrons. The molecule has 1 heterocycles. The van der Waals surface area contributed by atoms with Crippen molar-refractivity contribution in [3.63, 3.8) is 0 Å². The second kappa shape index (κ2) is 8.97. The fraction of sp³-hybridized carbons (Fsp3) is 0.250. The molecule has 0 aliphatic carbocycles. The Labute approximate surface area is 169 Å². The van der Waals surface area contributed by atoms with Crippen LogP contribution in [0.2, 0.25) is 0 Å². The number of benzene rings is 2. The number of sulfonamides is 1. The molecule has 0 saturated carbocycles. The van der Waals surface area contributed by atoms with Crippen LogP contribution < -0.4 is 5.32 Å². The lowest BCUT2D eigenvalue weighted by Gasteiger charge is -2.26. The van der Waals surface area contributed by atoms with E-state index >= 15 is 0 Å². The van der Waals surface area contributed by atoms with Gasteiger partial charge in [-0.15, -0.1) is 0 Å². The molecule has 1 aliphatic rings. The lowest BCUT2D eigenvalue weighted by molar-refractivity contribution is -0.384. The van der Waals surface area contributed by atoms with Crippen LogP contribution in [0.1, 0.15) is 24.8 Å². The SMILES string of the molecule is O=C(C=Cc1ccc([N+](=O)[O-])cc1)Nc1ccccc1S(=O)(=O)N1CCCCC1. The number of nitrogens with zero attached hydrogens (tertiary/aromatic N) is 2. The predicted octanol–water partition coefficient (Wildman–Crippen LogP) is 3.42. The van der Waals surface area contributed by atoms with Crippen LogP contribution in [0.25, 0.3) is 6.08 Å². The second-order valence-corrected chi connectivity index (χ2v) is 8.54. The maximum absolute atomic E-state index is 13.0. The van der Waals surface area contributed by atoms with E-state index in [9.17, 15) is 23.3 Å². The molecule has 0 unspecified atom stereocenters. The van der Waals surface area contributed by atoms with E-state index in [1.165, 1.54) is 46.8 Å².